The second-order valence-corrected chi connectivity index (χ2v) is 11.7. The zero-order valence-electron chi connectivity index (χ0n) is 28.9. The number of nitrogens with one attached hydrogen (secondary N) is 2. The summed E-state index contributed by atoms with van der Waals surface area (Å²) in [7, 11) is 12.8. The number of likely N-dealkylation sites (N-methyl/N-ethyl adjacent to an activating group) is 2. The highest BCUT2D eigenvalue weighted by atomic mass is 16.5. The number of benzene rings is 3. The van der Waals surface area contributed by atoms with Crippen LogP contribution in [0.25, 0.3) is 10.9 Å². The lowest BCUT2D eigenvalue weighted by atomic mass is 10.1. The molecule has 0 aliphatic rings. The quantitative estimate of drug-likeness (QED) is 0.168. The van der Waals surface area contributed by atoms with Crippen LogP contribution in [0, 0.1) is 0 Å². The van der Waals surface area contributed by atoms with Gasteiger partial charge in [0.15, 0.2) is 11.5 Å². The first kappa shape index (κ1) is 35.8. The van der Waals surface area contributed by atoms with E-state index in [2.05, 4.69) is 68.7 Å². The molecule has 0 aliphatic heterocycles. The Morgan fingerprint density at radius 2 is 1.56 bits per heavy atom. The van der Waals surface area contributed by atoms with Crippen molar-refractivity contribution in [1.82, 2.24) is 34.9 Å². The van der Waals surface area contributed by atoms with E-state index in [9.17, 15) is 4.79 Å². The van der Waals surface area contributed by atoms with Gasteiger partial charge in [0, 0.05) is 42.3 Å². The molecule has 2 heterocycles. The van der Waals surface area contributed by atoms with Gasteiger partial charge in [-0.15, -0.1) is 0 Å². The van der Waals surface area contributed by atoms with Crippen LogP contribution >= 0.6 is 0 Å². The van der Waals surface area contributed by atoms with Gasteiger partial charge in [-0.25, -0.2) is 9.67 Å². The topological polar surface area (TPSA) is 119 Å². The van der Waals surface area contributed by atoms with Crippen LogP contribution in [0.4, 0.5) is 0 Å². The maximum Gasteiger partial charge on any atom is 0.251 e. The van der Waals surface area contributed by atoms with E-state index in [0.717, 1.165) is 37.4 Å². The number of carbonyl (C=O) groups is 1. The number of aromatic nitrogens is 4. The lowest BCUT2D eigenvalue weighted by molar-refractivity contribution is 0.0950. The van der Waals surface area contributed by atoms with Crippen LogP contribution in [0.15, 0.2) is 73.4 Å². The van der Waals surface area contributed by atoms with Gasteiger partial charge < -0.3 is 39.0 Å². The highest BCUT2D eigenvalue weighted by Crippen LogP contribution is 2.38. The second kappa shape index (κ2) is 17.7. The number of hydrogen-bond acceptors (Lipinski definition) is 9. The van der Waals surface area contributed by atoms with Crippen molar-refractivity contribution < 1.29 is 23.7 Å². The zero-order valence-corrected chi connectivity index (χ0v) is 28.9. The Kier molecular flexibility index (Phi) is 13.2. The maximum absolute atomic E-state index is 12.5. The fourth-order valence-electron chi connectivity index (χ4n) is 4.92. The van der Waals surface area contributed by atoms with Gasteiger partial charge in [-0.05, 0) is 87.7 Å². The zero-order chi connectivity index (χ0) is 34.5. The lowest BCUT2D eigenvalue weighted by Crippen LogP contribution is -2.23. The Bertz CT molecular complexity index is 1690. The van der Waals surface area contributed by atoms with Crippen LogP contribution in [0.3, 0.4) is 0 Å². The number of fused-ring (bicyclic) bond motifs is 1. The molecule has 5 aromatic rings. The molecule has 0 bridgehead atoms. The summed E-state index contributed by atoms with van der Waals surface area (Å²) in [4.78, 5) is 24.1. The second-order valence-electron chi connectivity index (χ2n) is 11.7. The van der Waals surface area contributed by atoms with E-state index in [-0.39, 0.29) is 5.91 Å². The molecule has 5 rings (SSSR count). The van der Waals surface area contributed by atoms with E-state index < -0.39 is 0 Å². The summed E-state index contributed by atoms with van der Waals surface area (Å²) in [6.07, 6.45) is 6.48. The van der Waals surface area contributed by atoms with Crippen LogP contribution in [0.1, 0.15) is 27.0 Å². The molecule has 2 aromatic heterocycles. The Hall–Kier alpha value is -5.07. The first-order valence-electron chi connectivity index (χ1n) is 15.7. The van der Waals surface area contributed by atoms with Crippen LogP contribution in [0.2, 0.25) is 0 Å². The van der Waals surface area contributed by atoms with Gasteiger partial charge in [-0.1, -0.05) is 18.2 Å². The standard InChI is InChI=1S/C21H28N2O5.C15H19N5/c1-23(2)10-11-28-17-8-6-15(7-9-17)14-22-21(24)16-12-18(25-3)20(27-5)19(13-16)26-4;1-19(2)6-5-13-8-17-15-4-3-12(7-14(13)15)9-20-11-16-10-18-20/h6-9,12-13H,10-11,14H2,1-5H3,(H,22,24);3-4,7-8,10-11,17H,5-6,9H2,1-2H3. The summed E-state index contributed by atoms with van der Waals surface area (Å²) >= 11 is 0. The number of amides is 1. The Morgan fingerprint density at radius 1 is 0.875 bits per heavy atom. The minimum absolute atomic E-state index is 0.231. The molecule has 48 heavy (non-hydrogen) atoms. The highest BCUT2D eigenvalue weighted by Gasteiger charge is 2.17. The number of nitrogens with zero attached hydrogens (tertiary/aromatic N) is 5. The molecule has 0 saturated heterocycles. The third-order valence-corrected chi connectivity index (χ3v) is 7.58. The molecule has 0 aliphatic carbocycles. The summed E-state index contributed by atoms with van der Waals surface area (Å²) in [5, 5.41) is 8.36. The smallest absolute Gasteiger partial charge is 0.251 e. The van der Waals surface area contributed by atoms with Crippen molar-refractivity contribution >= 4 is 16.8 Å². The molecule has 12 nitrogen and oxygen atoms in total. The summed E-state index contributed by atoms with van der Waals surface area (Å²) < 4.78 is 23.4. The predicted molar refractivity (Wildman–Crippen MR) is 187 cm³/mol. The molecule has 0 fully saturated rings. The molecule has 0 saturated carbocycles. The van der Waals surface area contributed by atoms with Crippen LogP contribution in [0.5, 0.6) is 23.0 Å². The Morgan fingerprint density at radius 3 is 2.17 bits per heavy atom. The molecule has 0 radical (unpaired) electrons. The van der Waals surface area contributed by atoms with Gasteiger partial charge in [0.05, 0.1) is 27.9 Å². The van der Waals surface area contributed by atoms with E-state index in [0.29, 0.717) is 36.0 Å². The van der Waals surface area contributed by atoms with Crippen molar-refractivity contribution in [2.24, 2.45) is 0 Å². The van der Waals surface area contributed by atoms with Crippen LogP contribution in [-0.4, -0.2) is 105 Å². The van der Waals surface area contributed by atoms with E-state index >= 15 is 0 Å². The monoisotopic (exact) mass is 657 g/mol. The van der Waals surface area contributed by atoms with Crippen molar-refractivity contribution in [3.63, 3.8) is 0 Å². The van der Waals surface area contributed by atoms with E-state index in [1.807, 2.05) is 43.0 Å². The molecule has 3 aromatic carbocycles. The third kappa shape index (κ3) is 10.2. The average molecular weight is 658 g/mol. The molecular weight excluding hydrogens is 610 g/mol. The number of rotatable bonds is 15. The lowest BCUT2D eigenvalue weighted by Gasteiger charge is -2.14. The first-order chi connectivity index (χ1) is 23.2. The van der Waals surface area contributed by atoms with Gasteiger partial charge in [-0.3, -0.25) is 4.79 Å². The number of methoxy groups -OCH3 is 3. The number of carbonyl (C=O) groups excluding carboxylic acids is 1. The molecule has 0 atom stereocenters. The van der Waals surface area contributed by atoms with Gasteiger partial charge >= 0.3 is 0 Å². The highest BCUT2D eigenvalue weighted by molar-refractivity contribution is 5.95. The fourth-order valence-corrected chi connectivity index (χ4v) is 4.92. The number of H-pyrrole nitrogens is 1. The minimum atomic E-state index is -0.231. The van der Waals surface area contributed by atoms with Crippen LogP contribution < -0.4 is 24.3 Å². The molecule has 1 amide bonds. The Balaban J connectivity index is 0.000000228. The molecule has 0 spiro atoms. The maximum atomic E-state index is 12.5. The van der Waals surface area contributed by atoms with E-state index in [4.69, 9.17) is 18.9 Å². The van der Waals surface area contributed by atoms with E-state index in [1.165, 1.54) is 43.4 Å². The Labute approximate surface area is 282 Å². The molecular formula is C36H47N7O5. The SMILES string of the molecule is CN(C)CCc1c[nH]c2ccc(Cn3cncn3)cc12.COc1cc(C(=O)NCc2ccc(OCCN(C)C)cc2)cc(OC)c1OC. The molecule has 2 N–H and O–H groups in total. The summed E-state index contributed by atoms with van der Waals surface area (Å²) in [6.45, 7) is 3.69. The van der Waals surface area contributed by atoms with Crippen molar-refractivity contribution in [2.75, 3.05) is 69.2 Å². The molecule has 12 heteroatoms. The summed E-state index contributed by atoms with van der Waals surface area (Å²) in [5.74, 6) is 1.90. The van der Waals surface area contributed by atoms with Gasteiger partial charge in [0.1, 0.15) is 25.0 Å². The number of aromatic amines is 1. The van der Waals surface area contributed by atoms with Gasteiger partial charge in [0.2, 0.25) is 5.75 Å². The summed E-state index contributed by atoms with van der Waals surface area (Å²) in [5.41, 5.74) is 5.21. The predicted octanol–water partition coefficient (Wildman–Crippen LogP) is 4.49. The van der Waals surface area contributed by atoms with Crippen molar-refractivity contribution in [3.8, 4) is 23.0 Å². The molecule has 256 valence electrons. The average Bonchev–Trinajstić information content (AvgIpc) is 3.76. The number of ether oxygens (including phenoxy) is 4. The van der Waals surface area contributed by atoms with Crippen LogP contribution in [-0.2, 0) is 19.5 Å². The van der Waals surface area contributed by atoms with Gasteiger partial charge in [0.25, 0.3) is 5.91 Å². The first-order valence-corrected chi connectivity index (χ1v) is 15.7. The van der Waals surface area contributed by atoms with Crippen molar-refractivity contribution in [1.29, 1.82) is 0 Å². The normalized spacial score (nSPS) is 10.9. The number of hydrogen-bond donors (Lipinski definition) is 2. The molecule has 0 unspecified atom stereocenters. The van der Waals surface area contributed by atoms with Crippen molar-refractivity contribution in [3.05, 3.63) is 95.7 Å². The summed E-state index contributed by atoms with van der Waals surface area (Å²) in [6, 6.07) is 17.4. The fraction of sp³-hybridized carbons (Fsp3) is 0.361. The largest absolute Gasteiger partial charge is 0.493 e. The van der Waals surface area contributed by atoms with Gasteiger partial charge in [-0.2, -0.15) is 5.10 Å². The minimum Gasteiger partial charge on any atom is -0.493 e. The third-order valence-electron chi connectivity index (χ3n) is 7.58. The van der Waals surface area contributed by atoms with E-state index in [1.54, 1.807) is 24.8 Å². The van der Waals surface area contributed by atoms with Crippen molar-refractivity contribution in [2.45, 2.75) is 19.5 Å².